The van der Waals surface area contributed by atoms with Gasteiger partial charge in [0, 0.05) is 18.3 Å². The number of hydrogen-bond donors (Lipinski definition) is 1. The number of rotatable bonds is 4. The summed E-state index contributed by atoms with van der Waals surface area (Å²) in [5.41, 5.74) is 1.02. The van der Waals surface area contributed by atoms with Gasteiger partial charge in [-0.25, -0.2) is 12.8 Å². The molecule has 4 aromatic rings. The molecule has 0 radical (unpaired) electrons. The molecule has 0 aliphatic carbocycles. The Morgan fingerprint density at radius 1 is 1.09 bits per heavy atom. The summed E-state index contributed by atoms with van der Waals surface area (Å²) < 4.78 is 43.0. The predicted octanol–water partition coefficient (Wildman–Crippen LogP) is 5.23. The van der Waals surface area contributed by atoms with E-state index in [4.69, 9.17) is 23.2 Å². The maximum absolute atomic E-state index is 13.1. The number of aromatic nitrogens is 1. The van der Waals surface area contributed by atoms with Crippen LogP contribution in [0.25, 0.3) is 10.2 Å². The number of thiazole rings is 1. The number of benzene rings is 3. The maximum Gasteiger partial charge on any atom is 0.279 e. The molecule has 1 N–H and O–H groups in total. The zero-order chi connectivity index (χ0) is 23.0. The number of halogens is 3. The Balaban J connectivity index is 1.66. The van der Waals surface area contributed by atoms with Gasteiger partial charge in [-0.05, 0) is 54.6 Å². The number of amides is 1. The van der Waals surface area contributed by atoms with Crippen molar-refractivity contribution in [2.75, 3.05) is 4.72 Å². The van der Waals surface area contributed by atoms with E-state index in [-0.39, 0.29) is 16.1 Å². The molecule has 0 fully saturated rings. The smallest absolute Gasteiger partial charge is 0.279 e. The summed E-state index contributed by atoms with van der Waals surface area (Å²) in [6, 6.07) is 13.8. The van der Waals surface area contributed by atoms with Crippen LogP contribution in [0, 0.1) is 5.82 Å². The Morgan fingerprint density at radius 2 is 1.81 bits per heavy atom. The fourth-order valence-electron chi connectivity index (χ4n) is 2.97. The fourth-order valence-corrected chi connectivity index (χ4v) is 5.55. The van der Waals surface area contributed by atoms with E-state index in [1.807, 2.05) is 0 Å². The highest BCUT2D eigenvalue weighted by Gasteiger charge is 2.16. The summed E-state index contributed by atoms with van der Waals surface area (Å²) in [4.78, 5) is 17.2. The Hall–Kier alpha value is -2.72. The lowest BCUT2D eigenvalue weighted by Gasteiger charge is -2.08. The Bertz CT molecular complexity index is 1530. The topological polar surface area (TPSA) is 80.5 Å². The molecule has 1 heterocycles. The van der Waals surface area contributed by atoms with Crippen molar-refractivity contribution in [3.63, 3.8) is 0 Å². The van der Waals surface area contributed by atoms with Crippen LogP contribution in [-0.4, -0.2) is 18.9 Å². The van der Waals surface area contributed by atoms with Crippen LogP contribution < -0.4 is 9.52 Å². The van der Waals surface area contributed by atoms with Gasteiger partial charge in [0.15, 0.2) is 4.80 Å². The van der Waals surface area contributed by atoms with Crippen LogP contribution in [-0.2, 0) is 17.1 Å². The molecule has 0 saturated heterocycles. The van der Waals surface area contributed by atoms with Gasteiger partial charge in [0.05, 0.1) is 25.2 Å². The number of sulfonamides is 1. The standard InChI is InChI=1S/C21H14Cl2FN3O3S2/c1-27-19-17(10-9-16(22)18(19)23)31-21(27)25-20(28)12-3-2-4-14(11-12)26-32(29,30)15-7-5-13(24)6-8-15/h2-11,26H,1H3. The summed E-state index contributed by atoms with van der Waals surface area (Å²) in [5.74, 6) is -1.10. The van der Waals surface area contributed by atoms with Crippen LogP contribution in [0.15, 0.2) is 70.6 Å². The molecular weight excluding hydrogens is 496 g/mol. The number of nitrogens with one attached hydrogen (secondary N) is 1. The van der Waals surface area contributed by atoms with Crippen molar-refractivity contribution in [2.24, 2.45) is 12.0 Å². The number of nitrogens with zero attached hydrogens (tertiary/aromatic N) is 2. The minimum absolute atomic E-state index is 0.104. The number of fused-ring (bicyclic) bond motifs is 1. The second-order valence-electron chi connectivity index (χ2n) is 6.71. The third kappa shape index (κ3) is 4.42. The van der Waals surface area contributed by atoms with Gasteiger partial charge in [-0.1, -0.05) is 40.6 Å². The molecule has 1 amide bonds. The monoisotopic (exact) mass is 509 g/mol. The average molecular weight is 510 g/mol. The number of anilines is 1. The Kier molecular flexibility index (Phi) is 6.09. The summed E-state index contributed by atoms with van der Waals surface area (Å²) in [7, 11) is -2.23. The van der Waals surface area contributed by atoms with E-state index >= 15 is 0 Å². The fraction of sp³-hybridized carbons (Fsp3) is 0.0476. The molecule has 3 aromatic carbocycles. The minimum Gasteiger partial charge on any atom is -0.318 e. The Morgan fingerprint density at radius 3 is 2.53 bits per heavy atom. The van der Waals surface area contributed by atoms with Gasteiger partial charge in [0.2, 0.25) is 0 Å². The van der Waals surface area contributed by atoms with Crippen LogP contribution in [0.3, 0.4) is 0 Å². The van der Waals surface area contributed by atoms with Crippen LogP contribution in [0.4, 0.5) is 10.1 Å². The molecule has 0 saturated carbocycles. The molecule has 0 aliphatic heterocycles. The molecule has 11 heteroatoms. The SMILES string of the molecule is Cn1c(=NC(=O)c2cccc(NS(=O)(=O)c3ccc(F)cc3)c2)sc2ccc(Cl)c(Cl)c21. The van der Waals surface area contributed by atoms with Crippen molar-refractivity contribution < 1.29 is 17.6 Å². The van der Waals surface area contributed by atoms with Crippen LogP contribution in [0.2, 0.25) is 10.0 Å². The molecule has 32 heavy (non-hydrogen) atoms. The molecule has 6 nitrogen and oxygen atoms in total. The summed E-state index contributed by atoms with van der Waals surface area (Å²) in [5, 5.41) is 0.764. The molecule has 164 valence electrons. The molecule has 0 unspecified atom stereocenters. The van der Waals surface area contributed by atoms with Crippen molar-refractivity contribution in [1.29, 1.82) is 0 Å². The minimum atomic E-state index is -3.95. The molecule has 0 aliphatic rings. The van der Waals surface area contributed by atoms with Crippen LogP contribution in [0.1, 0.15) is 10.4 Å². The molecule has 0 atom stereocenters. The maximum atomic E-state index is 13.1. The normalized spacial score (nSPS) is 12.3. The third-order valence-corrected chi connectivity index (χ3v) is 7.83. The van der Waals surface area contributed by atoms with Gasteiger partial charge >= 0.3 is 0 Å². The largest absolute Gasteiger partial charge is 0.318 e. The lowest BCUT2D eigenvalue weighted by Crippen LogP contribution is -2.15. The third-order valence-electron chi connectivity index (χ3n) is 4.54. The second-order valence-corrected chi connectivity index (χ2v) is 10.2. The summed E-state index contributed by atoms with van der Waals surface area (Å²) in [6.07, 6.45) is 0. The summed E-state index contributed by atoms with van der Waals surface area (Å²) in [6.45, 7) is 0. The number of aryl methyl sites for hydroxylation is 1. The number of carbonyl (C=O) groups excluding carboxylic acids is 1. The van der Waals surface area contributed by atoms with E-state index in [9.17, 15) is 17.6 Å². The first-order valence-corrected chi connectivity index (χ1v) is 12.1. The summed E-state index contributed by atoms with van der Waals surface area (Å²) >= 11 is 13.6. The number of carbonyl (C=O) groups is 1. The Labute approximate surface area is 196 Å². The second kappa shape index (κ2) is 8.67. The molecule has 0 bridgehead atoms. The van der Waals surface area contributed by atoms with Crippen molar-refractivity contribution in [2.45, 2.75) is 4.90 Å². The zero-order valence-corrected chi connectivity index (χ0v) is 19.5. The zero-order valence-electron chi connectivity index (χ0n) is 16.3. The highest BCUT2D eigenvalue weighted by molar-refractivity contribution is 7.92. The molecule has 4 rings (SSSR count). The number of hydrogen-bond acceptors (Lipinski definition) is 4. The quantitative estimate of drug-likeness (QED) is 0.409. The van der Waals surface area contributed by atoms with Gasteiger partial charge in [-0.3, -0.25) is 9.52 Å². The van der Waals surface area contributed by atoms with Gasteiger partial charge in [0.25, 0.3) is 15.9 Å². The molecule has 1 aromatic heterocycles. The average Bonchev–Trinajstić information content (AvgIpc) is 3.07. The van der Waals surface area contributed by atoms with Gasteiger partial charge < -0.3 is 4.57 Å². The van der Waals surface area contributed by atoms with Gasteiger partial charge in [-0.15, -0.1) is 0 Å². The van der Waals surface area contributed by atoms with E-state index in [1.165, 1.54) is 35.6 Å². The van der Waals surface area contributed by atoms with E-state index in [0.717, 1.165) is 29.0 Å². The van der Waals surface area contributed by atoms with Crippen molar-refractivity contribution in [1.82, 2.24) is 4.57 Å². The van der Waals surface area contributed by atoms with E-state index < -0.39 is 21.7 Å². The van der Waals surface area contributed by atoms with Gasteiger partial charge in [0.1, 0.15) is 5.82 Å². The van der Waals surface area contributed by atoms with E-state index in [1.54, 1.807) is 23.7 Å². The highest BCUT2D eigenvalue weighted by atomic mass is 35.5. The van der Waals surface area contributed by atoms with Crippen molar-refractivity contribution in [3.05, 3.63) is 86.9 Å². The van der Waals surface area contributed by atoms with E-state index in [2.05, 4.69) is 9.71 Å². The van der Waals surface area contributed by atoms with E-state index in [0.29, 0.717) is 20.4 Å². The first-order valence-electron chi connectivity index (χ1n) is 9.07. The van der Waals surface area contributed by atoms with Crippen LogP contribution in [0.5, 0.6) is 0 Å². The predicted molar refractivity (Wildman–Crippen MR) is 124 cm³/mol. The lowest BCUT2D eigenvalue weighted by molar-refractivity contribution is 0.0998. The lowest BCUT2D eigenvalue weighted by atomic mass is 10.2. The van der Waals surface area contributed by atoms with Crippen molar-refractivity contribution in [3.8, 4) is 0 Å². The molecular formula is C21H14Cl2FN3O3S2. The highest BCUT2D eigenvalue weighted by Crippen LogP contribution is 2.31. The van der Waals surface area contributed by atoms with Gasteiger partial charge in [-0.2, -0.15) is 4.99 Å². The first-order chi connectivity index (χ1) is 15.2. The van der Waals surface area contributed by atoms with Crippen molar-refractivity contribution >= 4 is 66.4 Å². The van der Waals surface area contributed by atoms with Crippen LogP contribution >= 0.6 is 34.5 Å². The first kappa shape index (κ1) is 22.5. The molecule has 0 spiro atoms.